The summed E-state index contributed by atoms with van der Waals surface area (Å²) < 4.78 is 5.49. The maximum atomic E-state index is 12.6. The third-order valence-corrected chi connectivity index (χ3v) is 3.71. The minimum Gasteiger partial charge on any atom is -0.380 e. The molecule has 5 heteroatoms. The van der Waals surface area contributed by atoms with E-state index in [1.54, 1.807) is 4.90 Å². The van der Waals surface area contributed by atoms with E-state index in [0.29, 0.717) is 32.1 Å². The predicted molar refractivity (Wildman–Crippen MR) is 82.8 cm³/mol. The highest BCUT2D eigenvalue weighted by atomic mass is 16.5. The van der Waals surface area contributed by atoms with Crippen LogP contribution >= 0.6 is 0 Å². The van der Waals surface area contributed by atoms with Gasteiger partial charge in [-0.25, -0.2) is 0 Å². The summed E-state index contributed by atoms with van der Waals surface area (Å²) in [6.45, 7) is 11.8. The van der Waals surface area contributed by atoms with Crippen LogP contribution < -0.4 is 5.32 Å². The van der Waals surface area contributed by atoms with Gasteiger partial charge in [-0.15, -0.1) is 0 Å². The molecule has 0 bridgehead atoms. The van der Waals surface area contributed by atoms with E-state index in [0.717, 1.165) is 6.42 Å². The van der Waals surface area contributed by atoms with Crippen LogP contribution in [-0.2, 0) is 14.3 Å². The minimum absolute atomic E-state index is 0.0235. The molecule has 5 nitrogen and oxygen atoms in total. The monoisotopic (exact) mass is 298 g/mol. The lowest BCUT2D eigenvalue weighted by atomic mass is 9.94. The molecule has 2 unspecified atom stereocenters. The van der Waals surface area contributed by atoms with E-state index in [4.69, 9.17) is 4.74 Å². The maximum absolute atomic E-state index is 12.6. The largest absolute Gasteiger partial charge is 0.380 e. The average Bonchev–Trinajstić information content (AvgIpc) is 2.40. The standard InChI is InChI=1S/C16H30N2O3/c1-6-8-21-9-7-18-13(10-11(2)3)15(19)17-14(12(4)5)16(18)20/h11-14H,6-10H2,1-5H3,(H,17,19). The number of piperazine rings is 1. The van der Waals surface area contributed by atoms with Gasteiger partial charge in [-0.2, -0.15) is 0 Å². The molecular weight excluding hydrogens is 268 g/mol. The molecule has 1 rings (SSSR count). The van der Waals surface area contributed by atoms with Crippen molar-refractivity contribution in [1.29, 1.82) is 0 Å². The lowest BCUT2D eigenvalue weighted by molar-refractivity contribution is -0.152. The summed E-state index contributed by atoms with van der Waals surface area (Å²) in [5.74, 6) is 0.455. The van der Waals surface area contributed by atoms with Gasteiger partial charge in [0.15, 0.2) is 0 Å². The molecule has 2 atom stereocenters. The van der Waals surface area contributed by atoms with Gasteiger partial charge in [-0.05, 0) is 24.7 Å². The molecule has 21 heavy (non-hydrogen) atoms. The first-order chi connectivity index (χ1) is 9.88. The molecule has 1 heterocycles. The molecule has 1 N–H and O–H groups in total. The Balaban J connectivity index is 2.79. The number of rotatable bonds is 8. The number of nitrogens with one attached hydrogen (secondary N) is 1. The smallest absolute Gasteiger partial charge is 0.246 e. The normalized spacial score (nSPS) is 23.1. The fraction of sp³-hybridized carbons (Fsp3) is 0.875. The SMILES string of the molecule is CCCOCCN1C(=O)C(C(C)C)NC(=O)C1CC(C)C. The zero-order valence-corrected chi connectivity index (χ0v) is 14.0. The van der Waals surface area contributed by atoms with Crippen LogP contribution in [0.1, 0.15) is 47.5 Å². The van der Waals surface area contributed by atoms with E-state index in [1.807, 2.05) is 13.8 Å². The van der Waals surface area contributed by atoms with Gasteiger partial charge in [0.2, 0.25) is 11.8 Å². The molecule has 2 amide bonds. The van der Waals surface area contributed by atoms with E-state index >= 15 is 0 Å². The second-order valence-corrected chi connectivity index (χ2v) is 6.52. The van der Waals surface area contributed by atoms with Crippen molar-refractivity contribution in [3.63, 3.8) is 0 Å². The van der Waals surface area contributed by atoms with Crippen LogP contribution in [0.4, 0.5) is 0 Å². The Kier molecular flexibility index (Phi) is 7.15. The van der Waals surface area contributed by atoms with E-state index in [1.165, 1.54) is 0 Å². The third kappa shape index (κ3) is 4.99. The first-order valence-corrected chi connectivity index (χ1v) is 8.07. The lowest BCUT2D eigenvalue weighted by Gasteiger charge is -2.41. The van der Waals surface area contributed by atoms with E-state index in [-0.39, 0.29) is 23.8 Å². The summed E-state index contributed by atoms with van der Waals surface area (Å²) in [5, 5.41) is 2.88. The number of nitrogens with zero attached hydrogens (tertiary/aromatic N) is 1. The molecule has 0 saturated carbocycles. The summed E-state index contributed by atoms with van der Waals surface area (Å²) in [7, 11) is 0. The molecule has 0 radical (unpaired) electrons. The van der Waals surface area contributed by atoms with Crippen LogP contribution in [0.2, 0.25) is 0 Å². The molecule has 1 aliphatic heterocycles. The number of ether oxygens (including phenoxy) is 1. The molecule has 0 aromatic rings. The Labute approximate surface area is 128 Å². The number of carbonyl (C=O) groups excluding carboxylic acids is 2. The average molecular weight is 298 g/mol. The highest BCUT2D eigenvalue weighted by Gasteiger charge is 2.41. The van der Waals surface area contributed by atoms with Gasteiger partial charge < -0.3 is 15.0 Å². The molecule has 0 aliphatic carbocycles. The molecule has 0 aromatic carbocycles. The Hall–Kier alpha value is -1.10. The molecule has 1 fully saturated rings. The van der Waals surface area contributed by atoms with Crippen molar-refractivity contribution in [2.75, 3.05) is 19.8 Å². The van der Waals surface area contributed by atoms with Crippen molar-refractivity contribution in [2.45, 2.75) is 59.5 Å². The van der Waals surface area contributed by atoms with Gasteiger partial charge in [0.1, 0.15) is 12.1 Å². The third-order valence-electron chi connectivity index (χ3n) is 3.71. The van der Waals surface area contributed by atoms with Crippen molar-refractivity contribution in [1.82, 2.24) is 10.2 Å². The van der Waals surface area contributed by atoms with Gasteiger partial charge >= 0.3 is 0 Å². The summed E-state index contributed by atoms with van der Waals surface area (Å²) in [6.07, 6.45) is 1.65. The summed E-state index contributed by atoms with van der Waals surface area (Å²) >= 11 is 0. The molecule has 122 valence electrons. The van der Waals surface area contributed by atoms with Crippen molar-refractivity contribution in [3.8, 4) is 0 Å². The summed E-state index contributed by atoms with van der Waals surface area (Å²) in [4.78, 5) is 26.7. The zero-order chi connectivity index (χ0) is 16.0. The fourth-order valence-electron chi connectivity index (χ4n) is 2.59. The van der Waals surface area contributed by atoms with Gasteiger partial charge in [-0.3, -0.25) is 9.59 Å². The molecule has 0 aromatic heterocycles. The Morgan fingerprint density at radius 1 is 1.19 bits per heavy atom. The van der Waals surface area contributed by atoms with Crippen LogP contribution in [0.3, 0.4) is 0 Å². The van der Waals surface area contributed by atoms with Crippen LogP contribution in [0.5, 0.6) is 0 Å². The lowest BCUT2D eigenvalue weighted by Crippen LogP contribution is -2.65. The highest BCUT2D eigenvalue weighted by molar-refractivity contribution is 5.97. The van der Waals surface area contributed by atoms with Crippen LogP contribution in [0.25, 0.3) is 0 Å². The molecule has 1 aliphatic rings. The number of carbonyl (C=O) groups is 2. The fourth-order valence-corrected chi connectivity index (χ4v) is 2.59. The van der Waals surface area contributed by atoms with Crippen molar-refractivity contribution in [2.24, 2.45) is 11.8 Å². The Morgan fingerprint density at radius 2 is 1.86 bits per heavy atom. The van der Waals surface area contributed by atoms with Gasteiger partial charge in [0.25, 0.3) is 0 Å². The number of hydrogen-bond donors (Lipinski definition) is 1. The molecule has 0 spiro atoms. The summed E-state index contributed by atoms with van der Waals surface area (Å²) in [5.41, 5.74) is 0. The zero-order valence-electron chi connectivity index (χ0n) is 14.0. The van der Waals surface area contributed by atoms with Crippen molar-refractivity contribution < 1.29 is 14.3 Å². The van der Waals surface area contributed by atoms with E-state index < -0.39 is 6.04 Å². The maximum Gasteiger partial charge on any atom is 0.246 e. The van der Waals surface area contributed by atoms with E-state index in [2.05, 4.69) is 26.1 Å². The van der Waals surface area contributed by atoms with Crippen LogP contribution in [0.15, 0.2) is 0 Å². The first-order valence-electron chi connectivity index (χ1n) is 8.07. The molecular formula is C16H30N2O3. The van der Waals surface area contributed by atoms with E-state index in [9.17, 15) is 9.59 Å². The quantitative estimate of drug-likeness (QED) is 0.695. The second kappa shape index (κ2) is 8.37. The second-order valence-electron chi connectivity index (χ2n) is 6.52. The first kappa shape index (κ1) is 18.0. The van der Waals surface area contributed by atoms with Gasteiger partial charge in [0.05, 0.1) is 6.61 Å². The minimum atomic E-state index is -0.410. The van der Waals surface area contributed by atoms with Crippen LogP contribution in [0, 0.1) is 11.8 Å². The number of hydrogen-bond acceptors (Lipinski definition) is 3. The summed E-state index contributed by atoms with van der Waals surface area (Å²) in [6, 6.07) is -0.773. The number of amides is 2. The van der Waals surface area contributed by atoms with Crippen molar-refractivity contribution >= 4 is 11.8 Å². The highest BCUT2D eigenvalue weighted by Crippen LogP contribution is 2.20. The topological polar surface area (TPSA) is 58.6 Å². The van der Waals surface area contributed by atoms with Crippen molar-refractivity contribution in [3.05, 3.63) is 0 Å². The van der Waals surface area contributed by atoms with Gasteiger partial charge in [0, 0.05) is 13.2 Å². The molecule has 1 saturated heterocycles. The van der Waals surface area contributed by atoms with Crippen LogP contribution in [-0.4, -0.2) is 48.6 Å². The Bertz CT molecular complexity index is 355. The Morgan fingerprint density at radius 3 is 2.38 bits per heavy atom. The van der Waals surface area contributed by atoms with Gasteiger partial charge in [-0.1, -0.05) is 34.6 Å². The predicted octanol–water partition coefficient (Wildman–Crippen LogP) is 1.81.